The fourth-order valence-electron chi connectivity index (χ4n) is 7.60. The number of hydrogen-bond acceptors (Lipinski definition) is 2. The molecule has 10 aromatic rings. The van der Waals surface area contributed by atoms with Gasteiger partial charge in [-0.3, -0.25) is 0 Å². The highest BCUT2D eigenvalue weighted by molar-refractivity contribution is 7.26. The summed E-state index contributed by atoms with van der Waals surface area (Å²) >= 11 is 3.80. The second-order valence-corrected chi connectivity index (χ2v) is 13.9. The molecular formula is C44H26S2. The van der Waals surface area contributed by atoms with E-state index in [2.05, 4.69) is 157 Å². The highest BCUT2D eigenvalue weighted by Gasteiger charge is 2.23. The normalized spacial score (nSPS) is 11.9. The average molecular weight is 619 g/mol. The van der Waals surface area contributed by atoms with E-state index in [-0.39, 0.29) is 0 Å². The third kappa shape index (κ3) is 3.72. The molecule has 0 nitrogen and oxygen atoms in total. The Kier molecular flexibility index (Phi) is 5.72. The molecule has 2 heteroatoms. The van der Waals surface area contributed by atoms with Crippen molar-refractivity contribution in [1.82, 2.24) is 0 Å². The highest BCUT2D eigenvalue weighted by Crippen LogP contribution is 2.52. The van der Waals surface area contributed by atoms with Gasteiger partial charge in [0.15, 0.2) is 0 Å². The molecule has 214 valence electrons. The SMILES string of the molecule is c1ccc(-c2c3ccccc3c(-c3cc4sc5ccccc5c4c4c(-c5cccc6ccccc56)csc34)c3ccccc23)cc1. The van der Waals surface area contributed by atoms with Crippen molar-refractivity contribution >= 4 is 85.2 Å². The largest absolute Gasteiger partial charge is 0.142 e. The number of benzene rings is 8. The third-order valence-electron chi connectivity index (χ3n) is 9.53. The maximum Gasteiger partial charge on any atom is 0.0435 e. The maximum absolute atomic E-state index is 2.49. The van der Waals surface area contributed by atoms with Gasteiger partial charge in [0.05, 0.1) is 0 Å². The molecule has 8 aromatic carbocycles. The molecule has 0 saturated heterocycles. The Morgan fingerprint density at radius 1 is 0.370 bits per heavy atom. The zero-order valence-electron chi connectivity index (χ0n) is 24.8. The molecule has 0 bridgehead atoms. The van der Waals surface area contributed by atoms with Gasteiger partial charge < -0.3 is 0 Å². The van der Waals surface area contributed by atoms with Crippen LogP contribution < -0.4 is 0 Å². The Balaban J connectivity index is 1.40. The van der Waals surface area contributed by atoms with Crippen molar-refractivity contribution in [3.8, 4) is 33.4 Å². The van der Waals surface area contributed by atoms with Crippen LogP contribution in [0.25, 0.3) is 96.0 Å². The van der Waals surface area contributed by atoms with Crippen LogP contribution in [0.4, 0.5) is 0 Å². The second kappa shape index (κ2) is 10.1. The van der Waals surface area contributed by atoms with Crippen LogP contribution in [0.15, 0.2) is 157 Å². The van der Waals surface area contributed by atoms with Crippen LogP contribution in [0.5, 0.6) is 0 Å². The molecule has 2 aromatic heterocycles. The molecule has 0 aliphatic carbocycles. The van der Waals surface area contributed by atoms with Crippen molar-refractivity contribution in [1.29, 1.82) is 0 Å². The van der Waals surface area contributed by atoms with E-state index in [4.69, 9.17) is 0 Å². The summed E-state index contributed by atoms with van der Waals surface area (Å²) in [6, 6.07) is 55.8. The number of thiophene rings is 2. The Morgan fingerprint density at radius 2 is 0.957 bits per heavy atom. The zero-order valence-corrected chi connectivity index (χ0v) is 26.5. The first-order valence-electron chi connectivity index (χ1n) is 15.7. The van der Waals surface area contributed by atoms with Gasteiger partial charge in [0, 0.05) is 41.4 Å². The van der Waals surface area contributed by atoms with Crippen molar-refractivity contribution in [2.75, 3.05) is 0 Å². The molecule has 0 saturated carbocycles. The van der Waals surface area contributed by atoms with Crippen LogP contribution in [0.2, 0.25) is 0 Å². The van der Waals surface area contributed by atoms with Crippen LogP contribution in [0.1, 0.15) is 0 Å². The van der Waals surface area contributed by atoms with Crippen LogP contribution in [0, 0.1) is 0 Å². The van der Waals surface area contributed by atoms with Gasteiger partial charge in [-0.1, -0.05) is 140 Å². The molecule has 0 unspecified atom stereocenters. The minimum Gasteiger partial charge on any atom is -0.142 e. The van der Waals surface area contributed by atoms with Crippen LogP contribution >= 0.6 is 22.7 Å². The molecule has 0 amide bonds. The van der Waals surface area contributed by atoms with E-state index in [0.717, 1.165) is 0 Å². The van der Waals surface area contributed by atoms with E-state index in [1.54, 1.807) is 0 Å². The molecule has 0 radical (unpaired) electrons. The molecular weight excluding hydrogens is 593 g/mol. The highest BCUT2D eigenvalue weighted by atomic mass is 32.1. The zero-order chi connectivity index (χ0) is 30.2. The fraction of sp³-hybridized carbons (Fsp3) is 0. The fourth-order valence-corrected chi connectivity index (χ4v) is 9.86. The van der Waals surface area contributed by atoms with Gasteiger partial charge in [-0.05, 0) is 72.1 Å². The smallest absolute Gasteiger partial charge is 0.0435 e. The predicted octanol–water partition coefficient (Wildman–Crippen LogP) is 13.7. The molecule has 0 atom stereocenters. The van der Waals surface area contributed by atoms with Gasteiger partial charge in [-0.25, -0.2) is 0 Å². The van der Waals surface area contributed by atoms with Crippen LogP contribution in [0.3, 0.4) is 0 Å². The lowest BCUT2D eigenvalue weighted by Crippen LogP contribution is -1.91. The summed E-state index contributed by atoms with van der Waals surface area (Å²) in [7, 11) is 0. The van der Waals surface area contributed by atoms with Gasteiger partial charge in [0.2, 0.25) is 0 Å². The molecule has 2 heterocycles. The van der Waals surface area contributed by atoms with E-state index in [1.807, 2.05) is 22.7 Å². The Bertz CT molecular complexity index is 2740. The molecule has 0 spiro atoms. The van der Waals surface area contributed by atoms with Crippen molar-refractivity contribution < 1.29 is 0 Å². The van der Waals surface area contributed by atoms with Gasteiger partial charge in [0.25, 0.3) is 0 Å². The van der Waals surface area contributed by atoms with E-state index in [1.165, 1.54) is 96.0 Å². The molecule has 0 fully saturated rings. The van der Waals surface area contributed by atoms with Crippen LogP contribution in [-0.2, 0) is 0 Å². The van der Waals surface area contributed by atoms with E-state index < -0.39 is 0 Å². The molecule has 0 aliphatic rings. The van der Waals surface area contributed by atoms with Gasteiger partial charge in [-0.2, -0.15) is 0 Å². The average Bonchev–Trinajstić information content (AvgIpc) is 3.72. The summed E-state index contributed by atoms with van der Waals surface area (Å²) in [5.74, 6) is 0. The van der Waals surface area contributed by atoms with Gasteiger partial charge in [-0.15, -0.1) is 22.7 Å². The van der Waals surface area contributed by atoms with Crippen molar-refractivity contribution in [3.05, 3.63) is 157 Å². The Morgan fingerprint density at radius 3 is 1.70 bits per heavy atom. The molecule has 10 rings (SSSR count). The van der Waals surface area contributed by atoms with Crippen molar-refractivity contribution in [2.45, 2.75) is 0 Å². The van der Waals surface area contributed by atoms with E-state index in [9.17, 15) is 0 Å². The van der Waals surface area contributed by atoms with E-state index in [0.29, 0.717) is 0 Å². The lowest BCUT2D eigenvalue weighted by molar-refractivity contribution is 1.67. The Hall–Kier alpha value is -5.28. The van der Waals surface area contributed by atoms with Gasteiger partial charge >= 0.3 is 0 Å². The minimum atomic E-state index is 1.25. The first kappa shape index (κ1) is 26.0. The first-order valence-corrected chi connectivity index (χ1v) is 17.4. The monoisotopic (exact) mass is 618 g/mol. The Labute approximate surface area is 274 Å². The number of hydrogen-bond donors (Lipinski definition) is 0. The van der Waals surface area contributed by atoms with Gasteiger partial charge in [0.1, 0.15) is 0 Å². The van der Waals surface area contributed by atoms with Crippen molar-refractivity contribution in [3.63, 3.8) is 0 Å². The maximum atomic E-state index is 2.49. The lowest BCUT2D eigenvalue weighted by atomic mass is 9.85. The summed E-state index contributed by atoms with van der Waals surface area (Å²) < 4.78 is 4.02. The number of fused-ring (bicyclic) bond motifs is 8. The molecule has 0 N–H and O–H groups in total. The summed E-state index contributed by atoms with van der Waals surface area (Å²) in [5, 5.41) is 14.2. The van der Waals surface area contributed by atoms with E-state index >= 15 is 0 Å². The third-order valence-corrected chi connectivity index (χ3v) is 11.7. The number of rotatable bonds is 3. The summed E-state index contributed by atoms with van der Waals surface area (Å²) in [5.41, 5.74) is 7.81. The summed E-state index contributed by atoms with van der Waals surface area (Å²) in [6.07, 6.45) is 0. The minimum absolute atomic E-state index is 1.25. The second-order valence-electron chi connectivity index (χ2n) is 12.0. The quantitative estimate of drug-likeness (QED) is 0.173. The predicted molar refractivity (Wildman–Crippen MR) is 204 cm³/mol. The molecule has 46 heavy (non-hydrogen) atoms. The lowest BCUT2D eigenvalue weighted by Gasteiger charge is -2.18. The first-order chi connectivity index (χ1) is 22.8. The topological polar surface area (TPSA) is 0 Å². The van der Waals surface area contributed by atoms with Crippen molar-refractivity contribution in [2.24, 2.45) is 0 Å². The molecule has 0 aliphatic heterocycles. The summed E-state index contributed by atoms with van der Waals surface area (Å²) in [6.45, 7) is 0. The summed E-state index contributed by atoms with van der Waals surface area (Å²) in [4.78, 5) is 0. The standard InChI is InChI=1S/C44H26S2/c1-2-14-28(15-3-1)40-31-18-6-8-20-33(31)41(34-21-9-7-19-32(34)40)36-25-39-42(35-22-10-11-24-38(35)46-39)43-37(26-45-44(36)43)30-23-12-16-27-13-4-5-17-29(27)30/h1-26H. The van der Waals surface area contributed by atoms with Crippen LogP contribution in [-0.4, -0.2) is 0 Å².